The first-order valence-electron chi connectivity index (χ1n) is 6.96. The third kappa shape index (κ3) is 2.07. The summed E-state index contributed by atoms with van der Waals surface area (Å²) in [4.78, 5) is 16.5. The van der Waals surface area contributed by atoms with E-state index in [1.54, 1.807) is 0 Å². The van der Waals surface area contributed by atoms with Crippen LogP contribution in [0.1, 0.15) is 27.7 Å². The number of cyclic esters (lactones) is 1. The van der Waals surface area contributed by atoms with Crippen LogP contribution < -0.4 is 0 Å². The standard InChI is InChI=1S/C18H13NO2/c20-18-15-7-3-2-6-14(15)17(21-18)11-13-10-9-12-5-1-4-8-16(12)19-13/h1-10,17H,11H2/t17-/m0/s1. The minimum Gasteiger partial charge on any atom is -0.453 e. The summed E-state index contributed by atoms with van der Waals surface area (Å²) >= 11 is 0. The molecule has 0 spiro atoms. The Bertz CT molecular complexity index is 841. The molecule has 1 aromatic heterocycles. The smallest absolute Gasteiger partial charge is 0.339 e. The molecule has 0 amide bonds. The number of para-hydroxylation sites is 1. The summed E-state index contributed by atoms with van der Waals surface area (Å²) in [7, 11) is 0. The average Bonchev–Trinajstić information content (AvgIpc) is 2.84. The highest BCUT2D eigenvalue weighted by Gasteiger charge is 2.30. The van der Waals surface area contributed by atoms with E-state index in [4.69, 9.17) is 4.74 Å². The van der Waals surface area contributed by atoms with Gasteiger partial charge in [0.05, 0.1) is 11.1 Å². The van der Waals surface area contributed by atoms with Gasteiger partial charge in [-0.15, -0.1) is 0 Å². The number of hydrogen-bond acceptors (Lipinski definition) is 3. The molecule has 102 valence electrons. The van der Waals surface area contributed by atoms with Gasteiger partial charge in [0.1, 0.15) is 6.10 Å². The highest BCUT2D eigenvalue weighted by molar-refractivity contribution is 5.94. The number of aromatic nitrogens is 1. The molecule has 0 aliphatic carbocycles. The SMILES string of the molecule is O=C1O[C@@H](Cc2ccc3ccccc3n2)c2ccccc21. The fraction of sp³-hybridized carbons (Fsp3) is 0.111. The predicted octanol–water partition coefficient (Wildman–Crippen LogP) is 3.69. The largest absolute Gasteiger partial charge is 0.453 e. The summed E-state index contributed by atoms with van der Waals surface area (Å²) in [6, 6.07) is 19.6. The van der Waals surface area contributed by atoms with E-state index >= 15 is 0 Å². The number of nitrogens with zero attached hydrogens (tertiary/aromatic N) is 1. The maximum absolute atomic E-state index is 11.8. The van der Waals surface area contributed by atoms with Gasteiger partial charge in [-0.3, -0.25) is 4.98 Å². The Morgan fingerprint density at radius 3 is 2.71 bits per heavy atom. The first-order valence-corrected chi connectivity index (χ1v) is 6.96. The highest BCUT2D eigenvalue weighted by Crippen LogP contribution is 2.32. The maximum atomic E-state index is 11.8. The summed E-state index contributed by atoms with van der Waals surface area (Å²) in [5, 5.41) is 1.12. The summed E-state index contributed by atoms with van der Waals surface area (Å²) in [5.41, 5.74) is 3.52. The van der Waals surface area contributed by atoms with E-state index in [2.05, 4.69) is 11.1 Å². The molecule has 0 saturated heterocycles. The van der Waals surface area contributed by atoms with E-state index in [1.165, 1.54) is 0 Å². The zero-order valence-electron chi connectivity index (χ0n) is 11.3. The molecule has 0 N–H and O–H groups in total. The van der Waals surface area contributed by atoms with Gasteiger partial charge in [-0.2, -0.15) is 0 Å². The lowest BCUT2D eigenvalue weighted by Gasteiger charge is -2.10. The van der Waals surface area contributed by atoms with Crippen molar-refractivity contribution in [3.8, 4) is 0 Å². The molecule has 0 bridgehead atoms. The van der Waals surface area contributed by atoms with Crippen LogP contribution in [-0.4, -0.2) is 11.0 Å². The second-order valence-corrected chi connectivity index (χ2v) is 5.18. The Morgan fingerprint density at radius 1 is 0.952 bits per heavy atom. The van der Waals surface area contributed by atoms with Gasteiger partial charge in [0.15, 0.2) is 0 Å². The van der Waals surface area contributed by atoms with Crippen LogP contribution in [0.5, 0.6) is 0 Å². The maximum Gasteiger partial charge on any atom is 0.339 e. The number of carbonyl (C=O) groups is 1. The number of pyridine rings is 1. The van der Waals surface area contributed by atoms with E-state index in [0.717, 1.165) is 22.2 Å². The molecular weight excluding hydrogens is 262 g/mol. The average molecular weight is 275 g/mol. The Morgan fingerprint density at radius 2 is 1.76 bits per heavy atom. The number of esters is 1. The van der Waals surface area contributed by atoms with Gasteiger partial charge in [0, 0.05) is 23.1 Å². The van der Waals surface area contributed by atoms with Crippen LogP contribution in [0, 0.1) is 0 Å². The van der Waals surface area contributed by atoms with Crippen molar-refractivity contribution in [3.05, 3.63) is 77.5 Å². The topological polar surface area (TPSA) is 39.2 Å². The molecule has 1 aliphatic heterocycles. The van der Waals surface area contributed by atoms with E-state index in [1.807, 2.05) is 54.6 Å². The van der Waals surface area contributed by atoms with Gasteiger partial charge in [0.2, 0.25) is 0 Å². The molecule has 0 radical (unpaired) electrons. The predicted molar refractivity (Wildman–Crippen MR) is 80.0 cm³/mol. The van der Waals surface area contributed by atoms with Crippen LogP contribution >= 0.6 is 0 Å². The minimum absolute atomic E-state index is 0.234. The Labute approximate surface area is 122 Å². The molecule has 0 unspecified atom stereocenters. The Balaban J connectivity index is 1.68. The summed E-state index contributed by atoms with van der Waals surface area (Å²) in [6.45, 7) is 0. The monoisotopic (exact) mass is 275 g/mol. The number of benzene rings is 2. The molecule has 1 aliphatic rings. The van der Waals surface area contributed by atoms with Gasteiger partial charge in [0.25, 0.3) is 0 Å². The molecule has 21 heavy (non-hydrogen) atoms. The van der Waals surface area contributed by atoms with Crippen molar-refractivity contribution in [2.75, 3.05) is 0 Å². The second-order valence-electron chi connectivity index (χ2n) is 5.18. The molecule has 0 saturated carbocycles. The summed E-state index contributed by atoms with van der Waals surface area (Å²) < 4.78 is 5.47. The van der Waals surface area contributed by atoms with E-state index in [-0.39, 0.29) is 12.1 Å². The Kier molecular flexibility index (Phi) is 2.71. The number of ether oxygens (including phenoxy) is 1. The third-order valence-corrected chi connectivity index (χ3v) is 3.83. The molecule has 2 heterocycles. The van der Waals surface area contributed by atoms with Crippen LogP contribution in [0.3, 0.4) is 0 Å². The zero-order chi connectivity index (χ0) is 14.2. The summed E-state index contributed by atoms with van der Waals surface area (Å²) in [5.74, 6) is -0.239. The van der Waals surface area contributed by atoms with Crippen molar-refractivity contribution in [2.45, 2.75) is 12.5 Å². The van der Waals surface area contributed by atoms with Crippen LogP contribution in [0.2, 0.25) is 0 Å². The lowest BCUT2D eigenvalue weighted by molar-refractivity contribution is 0.0385. The molecule has 1 atom stereocenters. The Hall–Kier alpha value is -2.68. The highest BCUT2D eigenvalue weighted by atomic mass is 16.5. The van der Waals surface area contributed by atoms with Crippen LogP contribution in [0.4, 0.5) is 0 Å². The molecule has 0 fully saturated rings. The molecule has 4 rings (SSSR count). The number of hydrogen-bond donors (Lipinski definition) is 0. The number of rotatable bonds is 2. The molecule has 3 aromatic rings. The van der Waals surface area contributed by atoms with E-state index < -0.39 is 0 Å². The summed E-state index contributed by atoms with van der Waals surface area (Å²) in [6.07, 6.45) is 0.371. The zero-order valence-corrected chi connectivity index (χ0v) is 11.3. The van der Waals surface area contributed by atoms with Gasteiger partial charge >= 0.3 is 5.97 Å². The van der Waals surface area contributed by atoms with Gasteiger partial charge in [-0.25, -0.2) is 4.79 Å². The van der Waals surface area contributed by atoms with Crippen molar-refractivity contribution in [1.82, 2.24) is 4.98 Å². The minimum atomic E-state index is -0.239. The molecular formula is C18H13NO2. The van der Waals surface area contributed by atoms with Crippen LogP contribution in [0.15, 0.2) is 60.7 Å². The fourth-order valence-corrected chi connectivity index (χ4v) is 2.78. The lowest BCUT2D eigenvalue weighted by Crippen LogP contribution is -2.04. The van der Waals surface area contributed by atoms with Crippen molar-refractivity contribution >= 4 is 16.9 Å². The number of fused-ring (bicyclic) bond motifs is 2. The van der Waals surface area contributed by atoms with E-state index in [9.17, 15) is 4.79 Å². The van der Waals surface area contributed by atoms with Crippen molar-refractivity contribution in [2.24, 2.45) is 0 Å². The van der Waals surface area contributed by atoms with E-state index in [0.29, 0.717) is 12.0 Å². The van der Waals surface area contributed by atoms with Crippen molar-refractivity contribution < 1.29 is 9.53 Å². The quantitative estimate of drug-likeness (QED) is 0.670. The van der Waals surface area contributed by atoms with Crippen molar-refractivity contribution in [3.63, 3.8) is 0 Å². The van der Waals surface area contributed by atoms with Crippen molar-refractivity contribution in [1.29, 1.82) is 0 Å². The van der Waals surface area contributed by atoms with Gasteiger partial charge < -0.3 is 4.74 Å². The first-order chi connectivity index (χ1) is 10.3. The second kappa shape index (κ2) is 4.70. The molecule has 2 aromatic carbocycles. The van der Waals surface area contributed by atoms with Gasteiger partial charge in [-0.05, 0) is 18.2 Å². The third-order valence-electron chi connectivity index (χ3n) is 3.83. The lowest BCUT2D eigenvalue weighted by atomic mass is 10.0. The van der Waals surface area contributed by atoms with Crippen LogP contribution in [-0.2, 0) is 11.2 Å². The van der Waals surface area contributed by atoms with Gasteiger partial charge in [-0.1, -0.05) is 42.5 Å². The fourth-order valence-electron chi connectivity index (χ4n) is 2.78. The normalized spacial score (nSPS) is 16.8. The molecule has 3 nitrogen and oxygen atoms in total. The number of carbonyl (C=O) groups excluding carboxylic acids is 1. The van der Waals surface area contributed by atoms with Crippen LogP contribution in [0.25, 0.3) is 10.9 Å². The molecule has 3 heteroatoms. The first kappa shape index (κ1) is 12.1.